The lowest BCUT2D eigenvalue weighted by molar-refractivity contribution is -0.119. The van der Waals surface area contributed by atoms with Gasteiger partial charge in [0.05, 0.1) is 7.11 Å². The molecule has 41 heavy (non-hydrogen) atoms. The maximum absolute atomic E-state index is 13.9. The molecule has 2 aromatic carbocycles. The van der Waals surface area contributed by atoms with Crippen molar-refractivity contribution in [2.45, 2.75) is 72.3 Å². The van der Waals surface area contributed by atoms with E-state index in [0.717, 1.165) is 52.1 Å². The van der Waals surface area contributed by atoms with Gasteiger partial charge in [-0.3, -0.25) is 9.59 Å². The number of ketones is 2. The number of rotatable bonds is 7. The minimum Gasteiger partial charge on any atom is -0.493 e. The summed E-state index contributed by atoms with van der Waals surface area (Å²) in [6.45, 7) is 12.8. The lowest BCUT2D eigenvalue weighted by atomic mass is 9.63. The van der Waals surface area contributed by atoms with Crippen molar-refractivity contribution in [3.63, 3.8) is 0 Å². The third kappa shape index (κ3) is 5.49. The summed E-state index contributed by atoms with van der Waals surface area (Å²) in [5.74, 6) is 0.945. The zero-order valence-corrected chi connectivity index (χ0v) is 25.8. The molecule has 0 saturated heterocycles. The quantitative estimate of drug-likeness (QED) is 0.314. The average Bonchev–Trinajstić information content (AvgIpc) is 2.88. The first-order valence-electron chi connectivity index (χ1n) is 14.3. The largest absolute Gasteiger partial charge is 0.493 e. The number of ether oxygens (including phenoxy) is 2. The number of carbonyl (C=O) groups excluding carboxylic acids is 2. The van der Waals surface area contributed by atoms with Crippen molar-refractivity contribution in [1.29, 1.82) is 0 Å². The highest BCUT2D eigenvalue weighted by atomic mass is 35.5. The summed E-state index contributed by atoms with van der Waals surface area (Å²) in [4.78, 5) is 30.0. The van der Waals surface area contributed by atoms with Crippen LogP contribution in [0.1, 0.15) is 76.0 Å². The van der Waals surface area contributed by atoms with Gasteiger partial charge in [0.25, 0.3) is 0 Å². The van der Waals surface area contributed by atoms with Crippen LogP contribution in [-0.4, -0.2) is 30.6 Å². The van der Waals surface area contributed by atoms with Gasteiger partial charge in [0, 0.05) is 64.5 Å². The van der Waals surface area contributed by atoms with E-state index in [1.54, 1.807) is 7.11 Å². The molecule has 0 atom stereocenters. The molecule has 0 unspecified atom stereocenters. The second kappa shape index (κ2) is 10.8. The first-order chi connectivity index (χ1) is 19.4. The van der Waals surface area contributed by atoms with Gasteiger partial charge in [0.2, 0.25) is 0 Å². The molecule has 6 heteroatoms. The second-order valence-electron chi connectivity index (χ2n) is 13.2. The van der Waals surface area contributed by atoms with Crippen LogP contribution >= 0.6 is 11.6 Å². The molecule has 0 saturated carbocycles. The van der Waals surface area contributed by atoms with Crippen molar-refractivity contribution >= 4 is 23.2 Å². The Morgan fingerprint density at radius 3 is 2.07 bits per heavy atom. The van der Waals surface area contributed by atoms with Gasteiger partial charge < -0.3 is 14.4 Å². The summed E-state index contributed by atoms with van der Waals surface area (Å²) >= 11 is 6.40. The summed E-state index contributed by atoms with van der Waals surface area (Å²) in [5.41, 5.74) is 5.88. The van der Waals surface area contributed by atoms with Crippen LogP contribution in [0.15, 0.2) is 71.6 Å². The number of halogens is 1. The fourth-order valence-corrected chi connectivity index (χ4v) is 6.93. The molecule has 5 nitrogen and oxygen atoms in total. The van der Waals surface area contributed by atoms with E-state index in [0.29, 0.717) is 35.8 Å². The van der Waals surface area contributed by atoms with Gasteiger partial charge in [-0.15, -0.1) is 6.58 Å². The second-order valence-corrected chi connectivity index (χ2v) is 13.6. The topological polar surface area (TPSA) is 55.8 Å². The molecule has 0 N–H and O–H groups in total. The van der Waals surface area contributed by atoms with Crippen LogP contribution in [0.25, 0.3) is 0 Å². The highest BCUT2D eigenvalue weighted by molar-refractivity contribution is 6.31. The number of nitrogens with zero attached hydrogens (tertiary/aromatic N) is 1. The smallest absolute Gasteiger partial charge is 0.165 e. The van der Waals surface area contributed by atoms with Gasteiger partial charge in [-0.05, 0) is 47.8 Å². The van der Waals surface area contributed by atoms with Crippen LogP contribution in [0.3, 0.4) is 0 Å². The van der Waals surface area contributed by atoms with E-state index in [4.69, 9.17) is 21.1 Å². The summed E-state index contributed by atoms with van der Waals surface area (Å²) in [7, 11) is 3.64. The number of benzene rings is 2. The lowest BCUT2D eigenvalue weighted by Gasteiger charge is -2.48. The number of allylic oxidation sites excluding steroid dienone is 5. The third-order valence-electron chi connectivity index (χ3n) is 8.58. The van der Waals surface area contributed by atoms with Crippen LogP contribution < -0.4 is 9.47 Å². The minimum atomic E-state index is -0.446. The minimum absolute atomic E-state index is 0.112. The fourth-order valence-electron chi connectivity index (χ4n) is 6.74. The Bertz CT molecular complexity index is 1440. The van der Waals surface area contributed by atoms with Crippen molar-refractivity contribution in [1.82, 2.24) is 4.90 Å². The summed E-state index contributed by atoms with van der Waals surface area (Å²) in [5, 5.41) is 0.635. The summed E-state index contributed by atoms with van der Waals surface area (Å²) in [6.07, 6.45) is 4.83. The zero-order valence-electron chi connectivity index (χ0n) is 25.0. The van der Waals surface area contributed by atoms with Crippen LogP contribution in [0.2, 0.25) is 5.02 Å². The zero-order chi connectivity index (χ0) is 29.7. The van der Waals surface area contributed by atoms with E-state index >= 15 is 0 Å². The number of hydrogen-bond donors (Lipinski definition) is 0. The number of carbonyl (C=O) groups is 2. The van der Waals surface area contributed by atoms with E-state index in [-0.39, 0.29) is 29.0 Å². The first-order valence-corrected chi connectivity index (χ1v) is 14.7. The third-order valence-corrected chi connectivity index (χ3v) is 8.95. The summed E-state index contributed by atoms with van der Waals surface area (Å²) in [6, 6.07) is 11.6. The van der Waals surface area contributed by atoms with Gasteiger partial charge in [0.1, 0.15) is 6.61 Å². The van der Waals surface area contributed by atoms with Crippen LogP contribution in [-0.2, 0) is 22.6 Å². The van der Waals surface area contributed by atoms with E-state index in [2.05, 4.69) is 45.2 Å². The van der Waals surface area contributed by atoms with Crippen molar-refractivity contribution < 1.29 is 19.1 Å². The van der Waals surface area contributed by atoms with Gasteiger partial charge in [0.15, 0.2) is 23.1 Å². The monoisotopic (exact) mass is 573 g/mol. The lowest BCUT2D eigenvalue weighted by Crippen LogP contribution is -2.43. The molecule has 5 rings (SSSR count). The Morgan fingerprint density at radius 1 is 0.951 bits per heavy atom. The van der Waals surface area contributed by atoms with Crippen LogP contribution in [0.4, 0.5) is 0 Å². The molecule has 0 aromatic heterocycles. The molecule has 0 spiro atoms. The highest BCUT2D eigenvalue weighted by Crippen LogP contribution is 2.54. The van der Waals surface area contributed by atoms with E-state index in [9.17, 15) is 9.59 Å². The van der Waals surface area contributed by atoms with Crippen molar-refractivity contribution in [2.75, 3.05) is 14.2 Å². The van der Waals surface area contributed by atoms with Gasteiger partial charge in [-0.25, -0.2) is 0 Å². The van der Waals surface area contributed by atoms with E-state index in [1.807, 2.05) is 43.5 Å². The number of hydrogen-bond acceptors (Lipinski definition) is 5. The Balaban J connectivity index is 1.68. The molecule has 0 radical (unpaired) electrons. The molecule has 0 fully saturated rings. The molecule has 2 aromatic rings. The Hall–Kier alpha value is -3.31. The molecule has 0 amide bonds. The Labute approximate surface area is 248 Å². The fraction of sp³-hybridized carbons (Fsp3) is 0.429. The number of Topliss-reactive ketones (excluding diaryl/α,β-unsaturated/α-hetero) is 2. The molecule has 3 aliphatic rings. The predicted octanol–water partition coefficient (Wildman–Crippen LogP) is 7.97. The first kappa shape index (κ1) is 29.2. The summed E-state index contributed by atoms with van der Waals surface area (Å²) < 4.78 is 12.2. The van der Waals surface area contributed by atoms with Crippen molar-refractivity contribution in [3.8, 4) is 11.5 Å². The Morgan fingerprint density at radius 2 is 1.54 bits per heavy atom. The molecule has 2 aliphatic carbocycles. The van der Waals surface area contributed by atoms with Crippen molar-refractivity contribution in [3.05, 3.63) is 93.3 Å². The average molecular weight is 574 g/mol. The molecule has 1 aliphatic heterocycles. The molecular weight excluding hydrogens is 534 g/mol. The van der Waals surface area contributed by atoms with E-state index in [1.165, 1.54) is 0 Å². The van der Waals surface area contributed by atoms with Gasteiger partial charge >= 0.3 is 0 Å². The van der Waals surface area contributed by atoms with Crippen LogP contribution in [0, 0.1) is 10.8 Å². The number of methoxy groups -OCH3 is 1. The van der Waals surface area contributed by atoms with Crippen LogP contribution in [0.5, 0.6) is 11.5 Å². The molecule has 216 valence electrons. The maximum atomic E-state index is 13.9. The van der Waals surface area contributed by atoms with Gasteiger partial charge in [-0.2, -0.15) is 0 Å². The molecular formula is C35H40ClNO4. The highest BCUT2D eigenvalue weighted by Gasteiger charge is 2.48. The normalized spacial score (nSPS) is 20.1. The van der Waals surface area contributed by atoms with E-state index < -0.39 is 5.92 Å². The van der Waals surface area contributed by atoms with Gasteiger partial charge in [-0.1, -0.05) is 69.6 Å². The molecule has 0 bridgehead atoms. The SMILES string of the molecule is C=CCc1cc(C2C3=C(CC(C)(C)CC3=O)N(C)C3=C2C(=O)CC(C)(C)C3)cc(OC)c1OCc1ccccc1Cl. The predicted molar refractivity (Wildman–Crippen MR) is 163 cm³/mol. The molecule has 1 heterocycles. The Kier molecular flexibility index (Phi) is 7.71. The standard InChI is InChI=1S/C35H40ClNO4/c1-8-11-21-14-23(15-29(40-7)33(21)41-20-22-12-9-10-13-24(22)36)30-31-25(16-34(2,3)18-27(31)38)37(6)26-17-35(4,5)19-28(39)32(26)30/h8-10,12-15,30H,1,11,16-20H2,2-7H3. The van der Waals surface area contributed by atoms with Crippen molar-refractivity contribution in [2.24, 2.45) is 10.8 Å². The maximum Gasteiger partial charge on any atom is 0.165 e.